The van der Waals surface area contributed by atoms with Gasteiger partial charge in [0, 0.05) is 5.56 Å². The number of benzene rings is 1. The van der Waals surface area contributed by atoms with Crippen LogP contribution in [0.15, 0.2) is 12.1 Å². The Kier molecular flexibility index (Phi) is 2.76. The van der Waals surface area contributed by atoms with Gasteiger partial charge in [0.05, 0.1) is 19.6 Å². The first-order valence-corrected chi connectivity index (χ1v) is 3.92. The number of methoxy groups -OCH3 is 1. The summed E-state index contributed by atoms with van der Waals surface area (Å²) in [6, 6.07) is 5.36. The highest BCUT2D eigenvalue weighted by molar-refractivity contribution is 5.46. The van der Waals surface area contributed by atoms with E-state index in [4.69, 9.17) is 10.00 Å². The first-order chi connectivity index (χ1) is 6.19. The lowest BCUT2D eigenvalue weighted by molar-refractivity contribution is 0.402. The van der Waals surface area contributed by atoms with Crippen LogP contribution >= 0.6 is 0 Å². The van der Waals surface area contributed by atoms with Crippen LogP contribution in [-0.2, 0) is 6.42 Å². The van der Waals surface area contributed by atoms with Gasteiger partial charge in [0.15, 0.2) is 0 Å². The summed E-state index contributed by atoms with van der Waals surface area (Å²) in [5.74, 6) is 0.787. The van der Waals surface area contributed by atoms with E-state index in [1.807, 2.05) is 6.07 Å². The minimum atomic E-state index is 0.171. The van der Waals surface area contributed by atoms with E-state index in [1.54, 1.807) is 19.1 Å². The summed E-state index contributed by atoms with van der Waals surface area (Å²) in [6.45, 7) is 1.77. The molecule has 68 valence electrons. The van der Waals surface area contributed by atoms with Crippen molar-refractivity contribution in [1.82, 2.24) is 0 Å². The molecular formula is C10H11NO2. The number of hydrogen-bond acceptors (Lipinski definition) is 3. The maximum absolute atomic E-state index is 9.45. The lowest BCUT2D eigenvalue weighted by Gasteiger charge is -2.07. The molecule has 3 heteroatoms. The topological polar surface area (TPSA) is 53.2 Å². The van der Waals surface area contributed by atoms with Gasteiger partial charge in [-0.2, -0.15) is 5.26 Å². The fourth-order valence-corrected chi connectivity index (χ4v) is 1.13. The predicted molar refractivity (Wildman–Crippen MR) is 48.7 cm³/mol. The second-order valence-corrected chi connectivity index (χ2v) is 2.78. The minimum absolute atomic E-state index is 0.171. The van der Waals surface area contributed by atoms with Gasteiger partial charge in [-0.3, -0.25) is 0 Å². The average Bonchev–Trinajstić information content (AvgIpc) is 2.11. The smallest absolute Gasteiger partial charge is 0.125 e. The summed E-state index contributed by atoms with van der Waals surface area (Å²) in [5, 5.41) is 17.9. The van der Waals surface area contributed by atoms with Crippen molar-refractivity contribution >= 4 is 0 Å². The highest BCUT2D eigenvalue weighted by Crippen LogP contribution is 2.28. The molecule has 0 atom stereocenters. The van der Waals surface area contributed by atoms with Crippen molar-refractivity contribution in [3.63, 3.8) is 0 Å². The van der Waals surface area contributed by atoms with Crippen LogP contribution in [0.1, 0.15) is 11.1 Å². The molecule has 0 aliphatic heterocycles. The number of hydrogen-bond donors (Lipinski definition) is 1. The minimum Gasteiger partial charge on any atom is -0.508 e. The lowest BCUT2D eigenvalue weighted by Crippen LogP contribution is -1.90. The average molecular weight is 177 g/mol. The molecule has 0 saturated heterocycles. The Morgan fingerprint density at radius 2 is 2.23 bits per heavy atom. The number of phenols is 1. The molecule has 0 aliphatic carbocycles. The van der Waals surface area contributed by atoms with E-state index in [-0.39, 0.29) is 12.2 Å². The molecule has 0 amide bonds. The van der Waals surface area contributed by atoms with Crippen LogP contribution < -0.4 is 4.74 Å². The number of nitrogens with zero attached hydrogens (tertiary/aromatic N) is 1. The van der Waals surface area contributed by atoms with E-state index in [9.17, 15) is 5.11 Å². The summed E-state index contributed by atoms with van der Waals surface area (Å²) in [6.07, 6.45) is 0.282. The zero-order chi connectivity index (χ0) is 9.84. The molecule has 1 aromatic rings. The molecule has 0 heterocycles. The van der Waals surface area contributed by atoms with E-state index in [0.717, 1.165) is 5.56 Å². The van der Waals surface area contributed by atoms with Gasteiger partial charge in [0.2, 0.25) is 0 Å². The van der Waals surface area contributed by atoms with Crippen LogP contribution in [0.4, 0.5) is 0 Å². The van der Waals surface area contributed by atoms with Gasteiger partial charge in [-0.25, -0.2) is 0 Å². The van der Waals surface area contributed by atoms with Gasteiger partial charge in [-0.15, -0.1) is 0 Å². The van der Waals surface area contributed by atoms with Gasteiger partial charge in [-0.1, -0.05) is 0 Å². The van der Waals surface area contributed by atoms with Crippen LogP contribution in [0.25, 0.3) is 0 Å². The Morgan fingerprint density at radius 1 is 1.54 bits per heavy atom. The third kappa shape index (κ3) is 1.91. The van der Waals surface area contributed by atoms with E-state index >= 15 is 0 Å². The number of aromatic hydroxyl groups is 1. The van der Waals surface area contributed by atoms with Crippen molar-refractivity contribution in [1.29, 1.82) is 5.26 Å². The normalized spacial score (nSPS) is 9.31. The fourth-order valence-electron chi connectivity index (χ4n) is 1.13. The first-order valence-electron chi connectivity index (χ1n) is 3.92. The lowest BCUT2D eigenvalue weighted by atomic mass is 10.1. The van der Waals surface area contributed by atoms with Gasteiger partial charge >= 0.3 is 0 Å². The highest BCUT2D eigenvalue weighted by atomic mass is 16.5. The zero-order valence-electron chi connectivity index (χ0n) is 7.66. The van der Waals surface area contributed by atoms with Crippen LogP contribution in [0.3, 0.4) is 0 Å². The molecule has 3 nitrogen and oxygen atoms in total. The SMILES string of the molecule is COc1cc(CC#N)cc(O)c1C. The molecular weight excluding hydrogens is 166 g/mol. The molecule has 0 aromatic heterocycles. The Morgan fingerprint density at radius 3 is 2.77 bits per heavy atom. The third-order valence-corrected chi connectivity index (χ3v) is 1.90. The van der Waals surface area contributed by atoms with Crippen molar-refractivity contribution < 1.29 is 9.84 Å². The van der Waals surface area contributed by atoms with Crippen molar-refractivity contribution in [2.45, 2.75) is 13.3 Å². The molecule has 0 saturated carbocycles. The molecule has 1 N–H and O–H groups in total. The van der Waals surface area contributed by atoms with E-state index in [1.165, 1.54) is 7.11 Å². The van der Waals surface area contributed by atoms with Gasteiger partial charge < -0.3 is 9.84 Å². The van der Waals surface area contributed by atoms with Crippen molar-refractivity contribution in [2.75, 3.05) is 7.11 Å². The Balaban J connectivity index is 3.16. The summed E-state index contributed by atoms with van der Waals surface area (Å²) >= 11 is 0. The Bertz CT molecular complexity index is 353. The van der Waals surface area contributed by atoms with Crippen LogP contribution in [0.5, 0.6) is 11.5 Å². The third-order valence-electron chi connectivity index (χ3n) is 1.90. The summed E-state index contributed by atoms with van der Waals surface area (Å²) < 4.78 is 5.04. The monoisotopic (exact) mass is 177 g/mol. The fraction of sp³-hybridized carbons (Fsp3) is 0.300. The number of ether oxygens (including phenoxy) is 1. The largest absolute Gasteiger partial charge is 0.508 e. The van der Waals surface area contributed by atoms with E-state index in [2.05, 4.69) is 0 Å². The molecule has 1 rings (SSSR count). The van der Waals surface area contributed by atoms with Crippen molar-refractivity contribution in [2.24, 2.45) is 0 Å². The van der Waals surface area contributed by atoms with Crippen LogP contribution in [0.2, 0.25) is 0 Å². The van der Waals surface area contributed by atoms with Crippen molar-refractivity contribution in [3.05, 3.63) is 23.3 Å². The van der Waals surface area contributed by atoms with Crippen LogP contribution in [0, 0.1) is 18.3 Å². The van der Waals surface area contributed by atoms with E-state index in [0.29, 0.717) is 11.3 Å². The van der Waals surface area contributed by atoms with Gasteiger partial charge in [-0.05, 0) is 24.6 Å². The molecule has 13 heavy (non-hydrogen) atoms. The standard InChI is InChI=1S/C10H11NO2/c1-7-9(12)5-8(3-4-11)6-10(7)13-2/h5-6,12H,3H2,1-2H3. The molecule has 0 fully saturated rings. The molecule has 0 bridgehead atoms. The summed E-state index contributed by atoms with van der Waals surface area (Å²) in [4.78, 5) is 0. The Hall–Kier alpha value is -1.69. The van der Waals surface area contributed by atoms with E-state index < -0.39 is 0 Å². The van der Waals surface area contributed by atoms with Crippen molar-refractivity contribution in [3.8, 4) is 17.6 Å². The van der Waals surface area contributed by atoms with Crippen LogP contribution in [-0.4, -0.2) is 12.2 Å². The molecule has 0 radical (unpaired) electrons. The number of phenolic OH excluding ortho intramolecular Hbond substituents is 1. The van der Waals surface area contributed by atoms with Gasteiger partial charge in [0.1, 0.15) is 11.5 Å². The second-order valence-electron chi connectivity index (χ2n) is 2.78. The predicted octanol–water partition coefficient (Wildman–Crippen LogP) is 1.78. The molecule has 0 unspecified atom stereocenters. The Labute approximate surface area is 77.2 Å². The maximum atomic E-state index is 9.45. The quantitative estimate of drug-likeness (QED) is 0.749. The number of rotatable bonds is 2. The first kappa shape index (κ1) is 9.40. The zero-order valence-corrected chi connectivity index (χ0v) is 7.66. The maximum Gasteiger partial charge on any atom is 0.125 e. The summed E-state index contributed by atoms with van der Waals surface area (Å²) in [7, 11) is 1.54. The number of nitriles is 1. The molecule has 0 spiro atoms. The second kappa shape index (κ2) is 3.81. The van der Waals surface area contributed by atoms with Gasteiger partial charge in [0.25, 0.3) is 0 Å². The molecule has 1 aromatic carbocycles. The highest BCUT2D eigenvalue weighted by Gasteiger charge is 2.05. The summed E-state index contributed by atoms with van der Waals surface area (Å²) in [5.41, 5.74) is 1.46. The molecule has 0 aliphatic rings.